The lowest BCUT2D eigenvalue weighted by Crippen LogP contribution is -2.00. The molecule has 6 nitrogen and oxygen atoms in total. The summed E-state index contributed by atoms with van der Waals surface area (Å²) < 4.78 is 25.2. The molecule has 1 rings (SSSR count). The summed E-state index contributed by atoms with van der Waals surface area (Å²) >= 11 is 0. The van der Waals surface area contributed by atoms with E-state index in [9.17, 15) is 9.36 Å². The molecular formula is C11H14NO5P. The third-order valence-electron chi connectivity index (χ3n) is 1.90. The number of benzene rings is 1. The van der Waals surface area contributed by atoms with Crippen molar-refractivity contribution in [2.24, 2.45) is 5.73 Å². The maximum atomic E-state index is 11.1. The molecule has 0 saturated carbocycles. The number of hydrogen-bond donors (Lipinski definition) is 1. The van der Waals surface area contributed by atoms with Crippen LogP contribution in [0.25, 0.3) is 6.08 Å². The number of methoxy groups -OCH3 is 1. The van der Waals surface area contributed by atoms with Gasteiger partial charge in [0.05, 0.1) is 7.11 Å². The van der Waals surface area contributed by atoms with E-state index in [4.69, 9.17) is 10.3 Å². The van der Waals surface area contributed by atoms with Gasteiger partial charge in [0.1, 0.15) is 12.5 Å². The molecular weight excluding hydrogens is 257 g/mol. The smallest absolute Gasteiger partial charge is 0.369 e. The Hall–Kier alpha value is -1.62. The highest BCUT2D eigenvalue weighted by Crippen LogP contribution is 2.27. The minimum absolute atomic E-state index is 0.155. The Morgan fingerprint density at radius 1 is 1.39 bits per heavy atom. The van der Waals surface area contributed by atoms with Gasteiger partial charge in [-0.05, 0) is 23.8 Å². The van der Waals surface area contributed by atoms with Crippen LogP contribution < -0.4 is 10.3 Å². The van der Waals surface area contributed by atoms with E-state index in [1.54, 1.807) is 30.3 Å². The van der Waals surface area contributed by atoms with Crippen LogP contribution >= 0.6 is 8.25 Å². The standard InChI is InChI=1S/C11H14NO5P/c1-15-11(13)7-4-9-2-5-10(6-3-9)17-18(14)16-8-12/h2-7,18H,8,12H2,1H3. The first-order valence-corrected chi connectivity index (χ1v) is 6.29. The number of esters is 1. The van der Waals surface area contributed by atoms with E-state index < -0.39 is 14.2 Å². The number of rotatable bonds is 6. The molecule has 0 radical (unpaired) electrons. The molecule has 1 unspecified atom stereocenters. The van der Waals surface area contributed by atoms with Crippen LogP contribution in [0, 0.1) is 0 Å². The fourth-order valence-corrected chi connectivity index (χ4v) is 1.60. The van der Waals surface area contributed by atoms with Crippen molar-refractivity contribution in [2.45, 2.75) is 0 Å². The van der Waals surface area contributed by atoms with Crippen molar-refractivity contribution in [3.63, 3.8) is 0 Å². The summed E-state index contributed by atoms with van der Waals surface area (Å²) in [5.74, 6) is -0.0284. The average molecular weight is 271 g/mol. The van der Waals surface area contributed by atoms with E-state index in [0.29, 0.717) is 5.75 Å². The topological polar surface area (TPSA) is 87.8 Å². The molecule has 1 aromatic rings. The van der Waals surface area contributed by atoms with Gasteiger partial charge in [0.25, 0.3) is 0 Å². The third-order valence-corrected chi connectivity index (χ3v) is 2.70. The molecule has 0 heterocycles. The van der Waals surface area contributed by atoms with Gasteiger partial charge in [0.2, 0.25) is 0 Å². The fourth-order valence-electron chi connectivity index (χ4n) is 1.07. The largest absolute Gasteiger partial charge is 0.466 e. The van der Waals surface area contributed by atoms with Crippen LogP contribution in [-0.2, 0) is 18.6 Å². The molecule has 0 aromatic heterocycles. The van der Waals surface area contributed by atoms with Crippen LogP contribution in [-0.4, -0.2) is 19.8 Å². The zero-order chi connectivity index (χ0) is 13.4. The maximum Gasteiger partial charge on any atom is 0.369 e. The van der Waals surface area contributed by atoms with Crippen LogP contribution in [0.4, 0.5) is 0 Å². The molecule has 0 spiro atoms. The summed E-state index contributed by atoms with van der Waals surface area (Å²) in [6.07, 6.45) is 2.89. The summed E-state index contributed by atoms with van der Waals surface area (Å²) in [7, 11) is -1.30. The molecule has 1 aromatic carbocycles. The van der Waals surface area contributed by atoms with E-state index in [1.165, 1.54) is 13.2 Å². The van der Waals surface area contributed by atoms with E-state index in [2.05, 4.69) is 9.26 Å². The first-order valence-electron chi connectivity index (χ1n) is 5.06. The molecule has 0 saturated heterocycles. The summed E-state index contributed by atoms with van der Waals surface area (Å²) in [5.41, 5.74) is 5.84. The van der Waals surface area contributed by atoms with Gasteiger partial charge in [-0.25, -0.2) is 9.36 Å². The highest BCUT2D eigenvalue weighted by molar-refractivity contribution is 7.33. The zero-order valence-corrected chi connectivity index (χ0v) is 10.8. The van der Waals surface area contributed by atoms with Gasteiger partial charge in [0, 0.05) is 6.08 Å². The van der Waals surface area contributed by atoms with E-state index in [-0.39, 0.29) is 6.73 Å². The van der Waals surface area contributed by atoms with E-state index >= 15 is 0 Å². The Kier molecular flexibility index (Phi) is 6.14. The van der Waals surface area contributed by atoms with E-state index in [0.717, 1.165) is 5.56 Å². The molecule has 2 N–H and O–H groups in total. The Morgan fingerprint density at radius 3 is 2.61 bits per heavy atom. The molecule has 1 atom stereocenters. The van der Waals surface area contributed by atoms with Crippen molar-refractivity contribution < 1.29 is 23.1 Å². The van der Waals surface area contributed by atoms with E-state index in [1.807, 2.05) is 0 Å². The van der Waals surface area contributed by atoms with Crippen molar-refractivity contribution >= 4 is 20.3 Å². The number of hydrogen-bond acceptors (Lipinski definition) is 6. The highest BCUT2D eigenvalue weighted by Gasteiger charge is 2.00. The van der Waals surface area contributed by atoms with Crippen molar-refractivity contribution in [1.29, 1.82) is 0 Å². The van der Waals surface area contributed by atoms with Crippen LogP contribution in [0.5, 0.6) is 5.75 Å². The zero-order valence-electron chi connectivity index (χ0n) is 9.79. The van der Waals surface area contributed by atoms with Gasteiger partial charge in [-0.2, -0.15) is 0 Å². The Bertz CT molecular complexity index is 443. The quantitative estimate of drug-likeness (QED) is 0.366. The lowest BCUT2D eigenvalue weighted by molar-refractivity contribution is -0.134. The summed E-state index contributed by atoms with van der Waals surface area (Å²) in [4.78, 5) is 10.9. The second-order valence-corrected chi connectivity index (χ2v) is 4.08. The van der Waals surface area contributed by atoms with Gasteiger partial charge in [-0.3, -0.25) is 4.52 Å². The lowest BCUT2D eigenvalue weighted by Gasteiger charge is -2.05. The fraction of sp³-hybridized carbons (Fsp3) is 0.182. The minimum Gasteiger partial charge on any atom is -0.466 e. The maximum absolute atomic E-state index is 11.1. The van der Waals surface area contributed by atoms with Gasteiger partial charge < -0.3 is 15.0 Å². The number of carbonyl (C=O) groups is 1. The van der Waals surface area contributed by atoms with Crippen LogP contribution in [0.2, 0.25) is 0 Å². The SMILES string of the molecule is COC(=O)C=Cc1ccc(O[PH](=O)OCN)cc1. The molecule has 0 aliphatic rings. The van der Waals surface area contributed by atoms with Crippen LogP contribution in [0.1, 0.15) is 5.56 Å². The van der Waals surface area contributed by atoms with Crippen LogP contribution in [0.3, 0.4) is 0 Å². The first-order chi connectivity index (χ1) is 8.65. The Morgan fingerprint density at radius 2 is 2.06 bits per heavy atom. The average Bonchev–Trinajstić information content (AvgIpc) is 2.37. The van der Waals surface area contributed by atoms with Crippen LogP contribution in [0.15, 0.2) is 30.3 Å². The monoisotopic (exact) mass is 271 g/mol. The lowest BCUT2D eigenvalue weighted by atomic mass is 10.2. The molecule has 0 fully saturated rings. The van der Waals surface area contributed by atoms with Gasteiger partial charge in [-0.15, -0.1) is 0 Å². The summed E-state index contributed by atoms with van der Waals surface area (Å²) in [5, 5.41) is 0. The second-order valence-electron chi connectivity index (χ2n) is 3.09. The molecule has 7 heteroatoms. The molecule has 0 aliphatic carbocycles. The van der Waals surface area contributed by atoms with Crippen molar-refractivity contribution in [2.75, 3.05) is 13.8 Å². The van der Waals surface area contributed by atoms with Gasteiger partial charge in [0.15, 0.2) is 0 Å². The molecule has 0 aliphatic heterocycles. The molecule has 18 heavy (non-hydrogen) atoms. The molecule has 0 amide bonds. The number of ether oxygens (including phenoxy) is 1. The Labute approximate surface area is 105 Å². The minimum atomic E-state index is -2.60. The predicted molar refractivity (Wildman–Crippen MR) is 67.3 cm³/mol. The Balaban J connectivity index is 2.60. The highest BCUT2D eigenvalue weighted by atomic mass is 31.1. The first kappa shape index (κ1) is 14.4. The second kappa shape index (κ2) is 7.66. The van der Waals surface area contributed by atoms with Crippen molar-refractivity contribution in [3.05, 3.63) is 35.9 Å². The summed E-state index contributed by atoms with van der Waals surface area (Å²) in [6.45, 7) is -0.155. The van der Waals surface area contributed by atoms with Gasteiger partial charge in [-0.1, -0.05) is 12.1 Å². The van der Waals surface area contributed by atoms with Crippen molar-refractivity contribution in [1.82, 2.24) is 0 Å². The summed E-state index contributed by atoms with van der Waals surface area (Å²) in [6, 6.07) is 6.62. The predicted octanol–water partition coefficient (Wildman–Crippen LogP) is 1.57. The van der Waals surface area contributed by atoms with Gasteiger partial charge >= 0.3 is 14.2 Å². The number of nitrogens with two attached hydrogens (primary N) is 1. The molecule has 0 bridgehead atoms. The molecule has 98 valence electrons. The number of carbonyl (C=O) groups excluding carboxylic acids is 1. The van der Waals surface area contributed by atoms with Crippen molar-refractivity contribution in [3.8, 4) is 5.75 Å². The normalized spacial score (nSPS) is 12.3. The third kappa shape index (κ3) is 5.14.